The van der Waals surface area contributed by atoms with Gasteiger partial charge in [-0.25, -0.2) is 9.97 Å². The topological polar surface area (TPSA) is 127 Å². The minimum Gasteiger partial charge on any atom is -0.473 e. The lowest BCUT2D eigenvalue weighted by atomic mass is 10.0. The van der Waals surface area contributed by atoms with Gasteiger partial charge in [0, 0.05) is 11.1 Å². The number of rotatable bonds is 6. The van der Waals surface area contributed by atoms with Gasteiger partial charge in [-0.1, -0.05) is 60.7 Å². The van der Waals surface area contributed by atoms with Crippen LogP contribution in [0.4, 0.5) is 5.95 Å². The van der Waals surface area contributed by atoms with Gasteiger partial charge in [0.25, 0.3) is 0 Å². The van der Waals surface area contributed by atoms with Crippen LogP contribution in [0.3, 0.4) is 0 Å². The summed E-state index contributed by atoms with van der Waals surface area (Å²) in [5, 5.41) is 18.6. The molecule has 0 saturated carbocycles. The highest BCUT2D eigenvalue weighted by Gasteiger charge is 2.18. The molecule has 2 aromatic heterocycles. The van der Waals surface area contributed by atoms with Gasteiger partial charge in [0.2, 0.25) is 11.8 Å². The molecule has 8 nitrogen and oxygen atoms in total. The molecule has 0 spiro atoms. The molecule has 0 bridgehead atoms. The minimum absolute atomic E-state index is 0.0215. The van der Waals surface area contributed by atoms with Gasteiger partial charge < -0.3 is 20.7 Å². The number of ether oxygens (including phenoxy) is 1. The Morgan fingerprint density at radius 2 is 1.41 bits per heavy atom. The highest BCUT2D eigenvalue weighted by molar-refractivity contribution is 5.87. The lowest BCUT2D eigenvalue weighted by Crippen LogP contribution is -2.22. The summed E-state index contributed by atoms with van der Waals surface area (Å²) >= 11 is 0. The smallest absolute Gasteiger partial charge is 0.247 e. The van der Waals surface area contributed by atoms with E-state index in [1.54, 1.807) is 0 Å². The standard InChI is InChI=1S/C21H19N5O3/c22-21-25-19-18(20(26-21)29-12-15(28)11-27)23-16(13-7-3-1-4-8-13)17(24-19)14-9-5-2-6-10-14/h1-10,15,27-28H,11-12H2,(H2,22,24,25,26). The zero-order valence-corrected chi connectivity index (χ0v) is 15.4. The number of nitrogens with zero attached hydrogens (tertiary/aromatic N) is 4. The molecule has 146 valence electrons. The first kappa shape index (κ1) is 18.7. The number of aliphatic hydroxyl groups excluding tert-OH is 2. The molecule has 4 N–H and O–H groups in total. The first-order chi connectivity index (χ1) is 14.2. The molecule has 1 atom stereocenters. The fraction of sp³-hybridized carbons (Fsp3) is 0.143. The van der Waals surface area contributed by atoms with Crippen LogP contribution in [0.1, 0.15) is 0 Å². The van der Waals surface area contributed by atoms with Crippen LogP contribution in [0.5, 0.6) is 5.88 Å². The number of benzene rings is 2. The molecular weight excluding hydrogens is 370 g/mol. The summed E-state index contributed by atoms with van der Waals surface area (Å²) in [6.45, 7) is -0.595. The Morgan fingerprint density at radius 3 is 2.00 bits per heavy atom. The molecule has 1 unspecified atom stereocenters. The molecule has 0 aliphatic rings. The van der Waals surface area contributed by atoms with E-state index >= 15 is 0 Å². The zero-order chi connectivity index (χ0) is 20.2. The number of aromatic nitrogens is 4. The van der Waals surface area contributed by atoms with E-state index in [1.165, 1.54) is 0 Å². The van der Waals surface area contributed by atoms with E-state index in [0.717, 1.165) is 11.1 Å². The molecule has 0 fully saturated rings. The van der Waals surface area contributed by atoms with Crippen molar-refractivity contribution in [2.45, 2.75) is 6.10 Å². The summed E-state index contributed by atoms with van der Waals surface area (Å²) < 4.78 is 5.55. The second-order valence-electron chi connectivity index (χ2n) is 6.36. The van der Waals surface area contributed by atoms with Crippen molar-refractivity contribution in [1.82, 2.24) is 19.9 Å². The number of anilines is 1. The normalized spacial score (nSPS) is 12.1. The number of hydrogen-bond donors (Lipinski definition) is 3. The second-order valence-corrected chi connectivity index (χ2v) is 6.36. The van der Waals surface area contributed by atoms with E-state index in [9.17, 15) is 5.11 Å². The lowest BCUT2D eigenvalue weighted by Gasteiger charge is -2.13. The number of fused-ring (bicyclic) bond motifs is 1. The first-order valence-corrected chi connectivity index (χ1v) is 9.03. The van der Waals surface area contributed by atoms with Crippen molar-refractivity contribution in [2.75, 3.05) is 18.9 Å². The van der Waals surface area contributed by atoms with Gasteiger partial charge in [0.15, 0.2) is 11.2 Å². The van der Waals surface area contributed by atoms with Crippen molar-refractivity contribution in [3.63, 3.8) is 0 Å². The third-order valence-corrected chi connectivity index (χ3v) is 4.23. The summed E-state index contributed by atoms with van der Waals surface area (Å²) in [6, 6.07) is 19.3. The van der Waals surface area contributed by atoms with Gasteiger partial charge in [0.1, 0.15) is 12.7 Å². The van der Waals surface area contributed by atoms with Crippen LogP contribution in [-0.2, 0) is 0 Å². The van der Waals surface area contributed by atoms with Gasteiger partial charge in [-0.3, -0.25) is 0 Å². The fourth-order valence-electron chi connectivity index (χ4n) is 2.86. The van der Waals surface area contributed by atoms with E-state index in [1.807, 2.05) is 60.7 Å². The fourth-order valence-corrected chi connectivity index (χ4v) is 2.86. The van der Waals surface area contributed by atoms with Gasteiger partial charge >= 0.3 is 0 Å². The van der Waals surface area contributed by atoms with E-state index in [4.69, 9.17) is 25.5 Å². The molecular formula is C21H19N5O3. The van der Waals surface area contributed by atoms with Crippen LogP contribution in [0.2, 0.25) is 0 Å². The average molecular weight is 389 g/mol. The monoisotopic (exact) mass is 389 g/mol. The third-order valence-electron chi connectivity index (χ3n) is 4.23. The maximum absolute atomic E-state index is 9.60. The van der Waals surface area contributed by atoms with Crippen LogP contribution in [0.25, 0.3) is 33.7 Å². The molecule has 0 radical (unpaired) electrons. The molecule has 0 amide bonds. The Balaban J connectivity index is 1.93. The Bertz CT molecular complexity index is 1120. The average Bonchev–Trinajstić information content (AvgIpc) is 2.77. The maximum Gasteiger partial charge on any atom is 0.247 e. The van der Waals surface area contributed by atoms with Gasteiger partial charge in [-0.05, 0) is 0 Å². The molecule has 4 aromatic rings. The zero-order valence-electron chi connectivity index (χ0n) is 15.4. The number of hydrogen-bond acceptors (Lipinski definition) is 8. The van der Waals surface area contributed by atoms with Crippen LogP contribution in [0, 0.1) is 0 Å². The summed E-state index contributed by atoms with van der Waals surface area (Å²) in [7, 11) is 0. The maximum atomic E-state index is 9.60. The molecule has 0 saturated heterocycles. The number of nitrogens with two attached hydrogens (primary N) is 1. The van der Waals surface area contributed by atoms with Crippen LogP contribution in [0.15, 0.2) is 60.7 Å². The summed E-state index contributed by atoms with van der Waals surface area (Å²) in [5.74, 6) is 0.0797. The summed E-state index contributed by atoms with van der Waals surface area (Å²) in [6.07, 6.45) is -1.05. The molecule has 29 heavy (non-hydrogen) atoms. The molecule has 0 aliphatic carbocycles. The SMILES string of the molecule is Nc1nc(OCC(O)CO)c2nc(-c3ccccc3)c(-c3ccccc3)nc2n1. The van der Waals surface area contributed by atoms with Crippen molar-refractivity contribution in [1.29, 1.82) is 0 Å². The predicted octanol–water partition coefficient (Wildman–Crippen LogP) is 2.07. The lowest BCUT2D eigenvalue weighted by molar-refractivity contribution is 0.0526. The van der Waals surface area contributed by atoms with Crippen molar-refractivity contribution in [2.24, 2.45) is 0 Å². The minimum atomic E-state index is -1.05. The Kier molecular flexibility index (Phi) is 5.28. The molecule has 2 heterocycles. The molecule has 0 aliphatic heterocycles. The van der Waals surface area contributed by atoms with Gasteiger partial charge in [0.05, 0.1) is 18.0 Å². The second kappa shape index (κ2) is 8.17. The van der Waals surface area contributed by atoms with E-state index in [0.29, 0.717) is 16.9 Å². The van der Waals surface area contributed by atoms with Crippen molar-refractivity contribution in [3.8, 4) is 28.4 Å². The molecule has 4 rings (SSSR count). The molecule has 8 heteroatoms. The van der Waals surface area contributed by atoms with Crippen LogP contribution in [-0.4, -0.2) is 49.5 Å². The largest absolute Gasteiger partial charge is 0.473 e. The Hall–Kier alpha value is -3.62. The van der Waals surface area contributed by atoms with Crippen LogP contribution >= 0.6 is 0 Å². The third kappa shape index (κ3) is 3.98. The van der Waals surface area contributed by atoms with Crippen molar-refractivity contribution < 1.29 is 14.9 Å². The van der Waals surface area contributed by atoms with E-state index in [-0.39, 0.29) is 24.1 Å². The van der Waals surface area contributed by atoms with E-state index < -0.39 is 12.7 Å². The van der Waals surface area contributed by atoms with Gasteiger partial charge in [-0.2, -0.15) is 9.97 Å². The quantitative estimate of drug-likeness (QED) is 0.457. The summed E-state index contributed by atoms with van der Waals surface area (Å²) in [5.41, 5.74) is 9.48. The Morgan fingerprint density at radius 1 is 0.828 bits per heavy atom. The summed E-state index contributed by atoms with van der Waals surface area (Å²) in [4.78, 5) is 17.8. The Labute approximate surface area is 166 Å². The van der Waals surface area contributed by atoms with E-state index in [2.05, 4.69) is 9.97 Å². The van der Waals surface area contributed by atoms with Crippen LogP contribution < -0.4 is 10.5 Å². The van der Waals surface area contributed by atoms with Crippen molar-refractivity contribution >= 4 is 17.1 Å². The number of aliphatic hydroxyl groups is 2. The van der Waals surface area contributed by atoms with Gasteiger partial charge in [-0.15, -0.1) is 0 Å². The number of nitrogen functional groups attached to an aromatic ring is 1. The predicted molar refractivity (Wildman–Crippen MR) is 109 cm³/mol. The van der Waals surface area contributed by atoms with Crippen molar-refractivity contribution in [3.05, 3.63) is 60.7 Å². The highest BCUT2D eigenvalue weighted by Crippen LogP contribution is 2.32. The highest BCUT2D eigenvalue weighted by atomic mass is 16.5. The first-order valence-electron chi connectivity index (χ1n) is 9.03. The molecule has 2 aromatic carbocycles.